The predicted octanol–water partition coefficient (Wildman–Crippen LogP) is 3.65. The van der Waals surface area contributed by atoms with Crippen LogP contribution < -0.4 is 0 Å². The SMILES string of the molecule is CC(C)C(C)(CO)Cc1ccccc1Br. The molecule has 1 N–H and O–H groups in total. The van der Waals surface area contributed by atoms with Gasteiger partial charge in [-0.3, -0.25) is 0 Å². The summed E-state index contributed by atoms with van der Waals surface area (Å²) in [5.74, 6) is 0.467. The Balaban J connectivity index is 2.89. The second-order valence-corrected chi connectivity index (χ2v) is 5.59. The van der Waals surface area contributed by atoms with E-state index in [-0.39, 0.29) is 12.0 Å². The summed E-state index contributed by atoms with van der Waals surface area (Å²) < 4.78 is 1.13. The van der Waals surface area contributed by atoms with Crippen LogP contribution in [0.3, 0.4) is 0 Å². The number of halogens is 1. The minimum absolute atomic E-state index is 0.0378. The van der Waals surface area contributed by atoms with Gasteiger partial charge in [-0.05, 0) is 29.4 Å². The molecule has 1 unspecified atom stereocenters. The highest BCUT2D eigenvalue weighted by atomic mass is 79.9. The first-order valence-corrected chi connectivity index (χ1v) is 6.13. The largest absolute Gasteiger partial charge is 0.396 e. The molecule has 0 aliphatic heterocycles. The van der Waals surface area contributed by atoms with E-state index in [0.717, 1.165) is 10.9 Å². The summed E-state index contributed by atoms with van der Waals surface area (Å²) in [5.41, 5.74) is 1.23. The zero-order chi connectivity index (χ0) is 11.5. The fraction of sp³-hybridized carbons (Fsp3) is 0.538. The fourth-order valence-corrected chi connectivity index (χ4v) is 1.94. The predicted molar refractivity (Wildman–Crippen MR) is 67.9 cm³/mol. The highest BCUT2D eigenvalue weighted by Gasteiger charge is 2.28. The molecule has 1 atom stereocenters. The van der Waals surface area contributed by atoms with Crippen molar-refractivity contribution < 1.29 is 5.11 Å². The van der Waals surface area contributed by atoms with Crippen molar-refractivity contribution in [3.63, 3.8) is 0 Å². The van der Waals surface area contributed by atoms with Crippen molar-refractivity contribution in [2.45, 2.75) is 27.2 Å². The third kappa shape index (κ3) is 3.05. The van der Waals surface area contributed by atoms with Gasteiger partial charge >= 0.3 is 0 Å². The molecule has 0 radical (unpaired) electrons. The van der Waals surface area contributed by atoms with Crippen LogP contribution in [0.4, 0.5) is 0 Å². The van der Waals surface area contributed by atoms with Crippen LogP contribution in [0.25, 0.3) is 0 Å². The monoisotopic (exact) mass is 270 g/mol. The Morgan fingerprint density at radius 1 is 1.33 bits per heavy atom. The summed E-state index contributed by atoms with van der Waals surface area (Å²) in [5, 5.41) is 9.49. The molecule has 0 amide bonds. The summed E-state index contributed by atoms with van der Waals surface area (Å²) in [6.45, 7) is 6.68. The van der Waals surface area contributed by atoms with E-state index in [2.05, 4.69) is 42.8 Å². The van der Waals surface area contributed by atoms with Crippen LogP contribution in [0.15, 0.2) is 28.7 Å². The molecule has 0 saturated carbocycles. The van der Waals surface area contributed by atoms with E-state index in [1.807, 2.05) is 18.2 Å². The van der Waals surface area contributed by atoms with Crippen LogP contribution in [-0.2, 0) is 6.42 Å². The lowest BCUT2D eigenvalue weighted by molar-refractivity contribution is 0.0946. The summed E-state index contributed by atoms with van der Waals surface area (Å²) in [6, 6.07) is 8.21. The average molecular weight is 271 g/mol. The molecule has 15 heavy (non-hydrogen) atoms. The normalized spacial score (nSPS) is 15.3. The third-order valence-corrected chi connectivity index (χ3v) is 4.08. The van der Waals surface area contributed by atoms with Crippen molar-refractivity contribution in [2.24, 2.45) is 11.3 Å². The van der Waals surface area contributed by atoms with Gasteiger partial charge in [0, 0.05) is 11.1 Å². The van der Waals surface area contributed by atoms with Crippen molar-refractivity contribution in [1.82, 2.24) is 0 Å². The second-order valence-electron chi connectivity index (χ2n) is 4.74. The van der Waals surface area contributed by atoms with Gasteiger partial charge in [-0.1, -0.05) is 54.9 Å². The minimum Gasteiger partial charge on any atom is -0.396 e. The summed E-state index contributed by atoms with van der Waals surface area (Å²) in [6.07, 6.45) is 0.905. The van der Waals surface area contributed by atoms with Crippen molar-refractivity contribution in [1.29, 1.82) is 0 Å². The molecule has 1 nitrogen and oxygen atoms in total. The number of hydrogen-bond donors (Lipinski definition) is 1. The molecule has 0 aliphatic carbocycles. The van der Waals surface area contributed by atoms with Crippen LogP contribution in [0.2, 0.25) is 0 Å². The first-order chi connectivity index (χ1) is 6.99. The average Bonchev–Trinajstić information content (AvgIpc) is 2.21. The quantitative estimate of drug-likeness (QED) is 0.886. The summed E-state index contributed by atoms with van der Waals surface area (Å²) >= 11 is 3.55. The molecule has 0 spiro atoms. The highest BCUT2D eigenvalue weighted by Crippen LogP contribution is 2.32. The smallest absolute Gasteiger partial charge is 0.0490 e. The van der Waals surface area contributed by atoms with E-state index < -0.39 is 0 Å². The van der Waals surface area contributed by atoms with E-state index in [0.29, 0.717) is 5.92 Å². The molecule has 0 saturated heterocycles. The van der Waals surface area contributed by atoms with Gasteiger partial charge in [0.2, 0.25) is 0 Å². The van der Waals surface area contributed by atoms with Crippen LogP contribution in [0.1, 0.15) is 26.3 Å². The van der Waals surface area contributed by atoms with Crippen LogP contribution in [0.5, 0.6) is 0 Å². The maximum Gasteiger partial charge on any atom is 0.0490 e. The number of aliphatic hydroxyl groups excluding tert-OH is 1. The lowest BCUT2D eigenvalue weighted by Gasteiger charge is -2.32. The molecule has 0 heterocycles. The fourth-order valence-electron chi connectivity index (χ4n) is 1.52. The van der Waals surface area contributed by atoms with E-state index in [4.69, 9.17) is 0 Å². The topological polar surface area (TPSA) is 20.2 Å². The van der Waals surface area contributed by atoms with Gasteiger partial charge in [0.25, 0.3) is 0 Å². The summed E-state index contributed by atoms with van der Waals surface area (Å²) in [7, 11) is 0. The van der Waals surface area contributed by atoms with Gasteiger partial charge in [0.15, 0.2) is 0 Å². The number of hydrogen-bond acceptors (Lipinski definition) is 1. The maximum absolute atomic E-state index is 9.49. The third-order valence-electron chi connectivity index (χ3n) is 3.31. The first-order valence-electron chi connectivity index (χ1n) is 5.34. The standard InChI is InChI=1S/C13H19BrO/c1-10(2)13(3,9-15)8-11-6-4-5-7-12(11)14/h4-7,10,15H,8-9H2,1-3H3. The minimum atomic E-state index is -0.0378. The molecule has 0 fully saturated rings. The Morgan fingerprint density at radius 3 is 2.40 bits per heavy atom. The van der Waals surface area contributed by atoms with E-state index in [1.165, 1.54) is 5.56 Å². The van der Waals surface area contributed by atoms with Crippen molar-refractivity contribution in [3.05, 3.63) is 34.3 Å². The Labute approximate surface area is 101 Å². The maximum atomic E-state index is 9.49. The Kier molecular flexibility index (Phi) is 4.35. The Bertz CT molecular complexity index is 322. The van der Waals surface area contributed by atoms with Gasteiger partial charge in [0.05, 0.1) is 0 Å². The number of benzene rings is 1. The second kappa shape index (κ2) is 5.13. The van der Waals surface area contributed by atoms with E-state index in [9.17, 15) is 5.11 Å². The molecular weight excluding hydrogens is 252 g/mol. The summed E-state index contributed by atoms with van der Waals surface area (Å²) in [4.78, 5) is 0. The molecule has 0 aromatic heterocycles. The van der Waals surface area contributed by atoms with Crippen LogP contribution in [0, 0.1) is 11.3 Å². The lowest BCUT2D eigenvalue weighted by atomic mass is 9.75. The van der Waals surface area contributed by atoms with Crippen LogP contribution in [-0.4, -0.2) is 11.7 Å². The number of aliphatic hydroxyl groups is 1. The van der Waals surface area contributed by atoms with Crippen molar-refractivity contribution in [2.75, 3.05) is 6.61 Å². The molecule has 2 heteroatoms. The van der Waals surface area contributed by atoms with Gasteiger partial charge in [-0.2, -0.15) is 0 Å². The first kappa shape index (κ1) is 12.7. The van der Waals surface area contributed by atoms with Crippen molar-refractivity contribution >= 4 is 15.9 Å². The number of rotatable bonds is 4. The highest BCUT2D eigenvalue weighted by molar-refractivity contribution is 9.10. The Hall–Kier alpha value is -0.340. The van der Waals surface area contributed by atoms with Gasteiger partial charge in [-0.15, -0.1) is 0 Å². The zero-order valence-electron chi connectivity index (χ0n) is 9.63. The van der Waals surface area contributed by atoms with Crippen LogP contribution >= 0.6 is 15.9 Å². The molecule has 0 aliphatic rings. The van der Waals surface area contributed by atoms with Gasteiger partial charge in [0.1, 0.15) is 0 Å². The lowest BCUT2D eigenvalue weighted by Crippen LogP contribution is -2.30. The molecular formula is C13H19BrO. The zero-order valence-corrected chi connectivity index (χ0v) is 11.2. The molecule has 0 bridgehead atoms. The molecule has 1 aromatic rings. The van der Waals surface area contributed by atoms with E-state index in [1.54, 1.807) is 0 Å². The molecule has 84 valence electrons. The van der Waals surface area contributed by atoms with Gasteiger partial charge < -0.3 is 5.11 Å². The Morgan fingerprint density at radius 2 is 1.93 bits per heavy atom. The molecule has 1 aromatic carbocycles. The van der Waals surface area contributed by atoms with E-state index >= 15 is 0 Å². The van der Waals surface area contributed by atoms with Crippen molar-refractivity contribution in [3.8, 4) is 0 Å². The van der Waals surface area contributed by atoms with Gasteiger partial charge in [-0.25, -0.2) is 0 Å². The molecule has 1 rings (SSSR count).